The van der Waals surface area contributed by atoms with Crippen LogP contribution in [0.25, 0.3) is 0 Å². The average Bonchev–Trinajstić information content (AvgIpc) is 2.88. The van der Waals surface area contributed by atoms with Gasteiger partial charge in [-0.05, 0) is 19.4 Å². The molecule has 1 amide bonds. The minimum atomic E-state index is -0.172. The normalized spacial score (nSPS) is 10.6. The highest BCUT2D eigenvalue weighted by atomic mass is 32.1. The third-order valence-electron chi connectivity index (χ3n) is 2.57. The Hall–Kier alpha value is -1.82. The van der Waals surface area contributed by atoms with Gasteiger partial charge in [0.25, 0.3) is 5.91 Å². The zero-order valence-electron chi connectivity index (χ0n) is 10.4. The maximum Gasteiger partial charge on any atom is 0.267 e. The van der Waals surface area contributed by atoms with Gasteiger partial charge in [0.1, 0.15) is 0 Å². The van der Waals surface area contributed by atoms with Crippen LogP contribution in [0.15, 0.2) is 12.1 Å². The number of aromatic amines is 1. The van der Waals surface area contributed by atoms with Crippen LogP contribution >= 0.6 is 11.3 Å². The minimum absolute atomic E-state index is 0.172. The Bertz CT molecular complexity index is 539. The number of H-pyrrole nitrogens is 1. The first-order valence-corrected chi connectivity index (χ1v) is 6.63. The number of nitrogens with two attached hydrogens (primary N) is 1. The van der Waals surface area contributed by atoms with E-state index in [2.05, 4.69) is 22.4 Å². The third-order valence-corrected chi connectivity index (χ3v) is 3.64. The van der Waals surface area contributed by atoms with Gasteiger partial charge < -0.3 is 11.1 Å². The maximum atomic E-state index is 11.9. The second-order valence-electron chi connectivity index (χ2n) is 4.10. The summed E-state index contributed by atoms with van der Waals surface area (Å²) in [5.41, 5.74) is 7.40. The van der Waals surface area contributed by atoms with Crippen LogP contribution in [-0.2, 0) is 6.42 Å². The largest absolute Gasteiger partial charge is 0.398 e. The predicted molar refractivity (Wildman–Crippen MR) is 74.0 cm³/mol. The van der Waals surface area contributed by atoms with E-state index in [1.807, 2.05) is 13.0 Å². The van der Waals surface area contributed by atoms with Gasteiger partial charge in [0.2, 0.25) is 0 Å². The molecule has 0 fully saturated rings. The highest BCUT2D eigenvalue weighted by molar-refractivity contribution is 7.14. The average molecular weight is 264 g/mol. The molecule has 0 saturated heterocycles. The molecule has 2 rings (SSSR count). The number of anilines is 2. The lowest BCUT2D eigenvalue weighted by Gasteiger charge is -1.97. The lowest BCUT2D eigenvalue weighted by atomic mass is 10.2. The number of hydrogen-bond donors (Lipinski definition) is 3. The smallest absolute Gasteiger partial charge is 0.267 e. The molecule has 0 saturated carbocycles. The summed E-state index contributed by atoms with van der Waals surface area (Å²) in [6, 6.07) is 3.54. The van der Waals surface area contributed by atoms with Crippen molar-refractivity contribution in [1.82, 2.24) is 10.2 Å². The van der Waals surface area contributed by atoms with Gasteiger partial charge in [-0.15, -0.1) is 11.3 Å². The van der Waals surface area contributed by atoms with Gasteiger partial charge in [-0.3, -0.25) is 9.89 Å². The Balaban J connectivity index is 2.06. The summed E-state index contributed by atoms with van der Waals surface area (Å²) in [7, 11) is 0. The zero-order chi connectivity index (χ0) is 13.1. The molecule has 6 heteroatoms. The SMILES string of the molecule is CCCc1cc(NC(=O)c2cc(N)c(C)s2)n[nH]1. The third kappa shape index (κ3) is 2.70. The molecule has 0 aliphatic heterocycles. The summed E-state index contributed by atoms with van der Waals surface area (Å²) < 4.78 is 0. The molecule has 0 aromatic carbocycles. The standard InChI is InChI=1S/C12H16N4OS/c1-3-4-8-5-11(16-15-8)14-12(17)10-6-9(13)7(2)18-10/h5-6H,3-4,13H2,1-2H3,(H2,14,15,16,17). The molecular weight excluding hydrogens is 248 g/mol. The summed E-state index contributed by atoms with van der Waals surface area (Å²) in [5, 5.41) is 9.69. The number of thiophene rings is 1. The van der Waals surface area contributed by atoms with Crippen LogP contribution in [-0.4, -0.2) is 16.1 Å². The molecule has 0 aliphatic rings. The summed E-state index contributed by atoms with van der Waals surface area (Å²) >= 11 is 1.38. The molecular formula is C12H16N4OS. The number of nitrogens with one attached hydrogen (secondary N) is 2. The first-order valence-electron chi connectivity index (χ1n) is 5.81. The van der Waals surface area contributed by atoms with Crippen molar-refractivity contribution in [3.63, 3.8) is 0 Å². The van der Waals surface area contributed by atoms with Crippen molar-refractivity contribution in [2.75, 3.05) is 11.1 Å². The van der Waals surface area contributed by atoms with E-state index in [1.54, 1.807) is 6.07 Å². The number of nitrogen functional groups attached to an aromatic ring is 1. The summed E-state index contributed by atoms with van der Waals surface area (Å²) in [6.07, 6.45) is 1.96. The van der Waals surface area contributed by atoms with Crippen LogP contribution in [0.4, 0.5) is 11.5 Å². The molecule has 0 bridgehead atoms. The van der Waals surface area contributed by atoms with Gasteiger partial charge in [-0.25, -0.2) is 0 Å². The van der Waals surface area contributed by atoms with Crippen LogP contribution < -0.4 is 11.1 Å². The number of rotatable bonds is 4. The highest BCUT2D eigenvalue weighted by Crippen LogP contribution is 2.24. The second-order valence-corrected chi connectivity index (χ2v) is 5.36. The molecule has 2 heterocycles. The minimum Gasteiger partial charge on any atom is -0.398 e. The number of aromatic nitrogens is 2. The van der Waals surface area contributed by atoms with Gasteiger partial charge in [0, 0.05) is 22.3 Å². The van der Waals surface area contributed by atoms with Crippen molar-refractivity contribution < 1.29 is 4.79 Å². The summed E-state index contributed by atoms with van der Waals surface area (Å²) in [4.78, 5) is 13.5. The maximum absolute atomic E-state index is 11.9. The zero-order valence-corrected chi connectivity index (χ0v) is 11.2. The van der Waals surface area contributed by atoms with Crippen LogP contribution in [0.1, 0.15) is 33.6 Å². The van der Waals surface area contributed by atoms with Crippen LogP contribution in [0.5, 0.6) is 0 Å². The second kappa shape index (κ2) is 5.22. The monoisotopic (exact) mass is 264 g/mol. The predicted octanol–water partition coefficient (Wildman–Crippen LogP) is 2.57. The van der Waals surface area contributed by atoms with Crippen LogP contribution in [0.3, 0.4) is 0 Å². The molecule has 4 N–H and O–H groups in total. The quantitative estimate of drug-likeness (QED) is 0.793. The molecule has 18 heavy (non-hydrogen) atoms. The molecule has 0 radical (unpaired) electrons. The van der Waals surface area contributed by atoms with Crippen molar-refractivity contribution in [3.8, 4) is 0 Å². The Morgan fingerprint density at radius 2 is 2.33 bits per heavy atom. The lowest BCUT2D eigenvalue weighted by molar-refractivity contribution is 0.103. The van der Waals surface area contributed by atoms with Gasteiger partial charge >= 0.3 is 0 Å². The van der Waals surface area contributed by atoms with Crippen LogP contribution in [0, 0.1) is 6.92 Å². The van der Waals surface area contributed by atoms with Crippen molar-refractivity contribution in [1.29, 1.82) is 0 Å². The van der Waals surface area contributed by atoms with E-state index >= 15 is 0 Å². The molecule has 2 aromatic heterocycles. The van der Waals surface area contributed by atoms with E-state index < -0.39 is 0 Å². The molecule has 96 valence electrons. The Kier molecular flexibility index (Phi) is 3.66. The highest BCUT2D eigenvalue weighted by Gasteiger charge is 2.12. The molecule has 0 atom stereocenters. The van der Waals surface area contributed by atoms with Crippen molar-refractivity contribution in [2.24, 2.45) is 0 Å². The number of carbonyl (C=O) groups excluding carboxylic acids is 1. The number of carbonyl (C=O) groups is 1. The number of amides is 1. The number of hydrogen-bond acceptors (Lipinski definition) is 4. The summed E-state index contributed by atoms with van der Waals surface area (Å²) in [5.74, 6) is 0.377. The van der Waals surface area contributed by atoms with Crippen molar-refractivity contribution in [2.45, 2.75) is 26.7 Å². The van der Waals surface area contributed by atoms with E-state index in [4.69, 9.17) is 5.73 Å². The first kappa shape index (κ1) is 12.6. The first-order chi connectivity index (χ1) is 8.60. The van der Waals surface area contributed by atoms with E-state index in [-0.39, 0.29) is 5.91 Å². The van der Waals surface area contributed by atoms with E-state index in [0.29, 0.717) is 16.4 Å². The van der Waals surface area contributed by atoms with Crippen LogP contribution in [0.2, 0.25) is 0 Å². The topological polar surface area (TPSA) is 83.8 Å². The lowest BCUT2D eigenvalue weighted by Crippen LogP contribution is -2.10. The molecule has 0 unspecified atom stereocenters. The van der Waals surface area contributed by atoms with E-state index in [0.717, 1.165) is 23.4 Å². The van der Waals surface area contributed by atoms with Crippen molar-refractivity contribution in [3.05, 3.63) is 27.6 Å². The van der Waals surface area contributed by atoms with Gasteiger partial charge in [-0.2, -0.15) is 5.10 Å². The van der Waals surface area contributed by atoms with Gasteiger partial charge in [0.05, 0.1) is 4.88 Å². The molecule has 5 nitrogen and oxygen atoms in total. The van der Waals surface area contributed by atoms with E-state index in [1.165, 1.54) is 11.3 Å². The molecule has 0 aliphatic carbocycles. The number of aryl methyl sites for hydroxylation is 2. The summed E-state index contributed by atoms with van der Waals surface area (Å²) in [6.45, 7) is 3.99. The Morgan fingerprint density at radius 1 is 1.56 bits per heavy atom. The fraction of sp³-hybridized carbons (Fsp3) is 0.333. The molecule has 2 aromatic rings. The van der Waals surface area contributed by atoms with Gasteiger partial charge in [-0.1, -0.05) is 13.3 Å². The Labute approximate surface area is 109 Å². The Morgan fingerprint density at radius 3 is 2.94 bits per heavy atom. The van der Waals surface area contributed by atoms with Gasteiger partial charge in [0.15, 0.2) is 5.82 Å². The van der Waals surface area contributed by atoms with Crippen molar-refractivity contribution >= 4 is 28.7 Å². The number of nitrogens with zero attached hydrogens (tertiary/aromatic N) is 1. The fourth-order valence-corrected chi connectivity index (χ4v) is 2.45. The fourth-order valence-electron chi connectivity index (χ4n) is 1.61. The molecule has 0 spiro atoms. The van der Waals surface area contributed by atoms with E-state index in [9.17, 15) is 4.79 Å².